The van der Waals surface area contributed by atoms with E-state index in [1.165, 1.54) is 25.6 Å². The number of carboxylic acids is 1. The van der Waals surface area contributed by atoms with Gasteiger partial charge in [0, 0.05) is 6.20 Å². The van der Waals surface area contributed by atoms with Crippen molar-refractivity contribution in [3.63, 3.8) is 0 Å². The second kappa shape index (κ2) is 6.72. The molecule has 0 saturated carbocycles. The van der Waals surface area contributed by atoms with Gasteiger partial charge in [-0.25, -0.2) is 4.79 Å². The standard InChI is InChI=1S/C13H18N2O4/c1-4-8(2)11(13(17)18)15-12(16)9-5-6-14-7-10(9)19-3/h5-8,11H,4H2,1-3H3,(H,15,16)(H,17,18). The number of carboxylic acid groups (broad SMARTS) is 1. The van der Waals surface area contributed by atoms with Crippen LogP contribution in [0.15, 0.2) is 18.5 Å². The Labute approximate surface area is 111 Å². The number of carbonyl (C=O) groups excluding carboxylic acids is 1. The van der Waals surface area contributed by atoms with Crippen LogP contribution < -0.4 is 10.1 Å². The topological polar surface area (TPSA) is 88.5 Å². The van der Waals surface area contributed by atoms with Crippen molar-refractivity contribution in [3.05, 3.63) is 24.0 Å². The highest BCUT2D eigenvalue weighted by Crippen LogP contribution is 2.16. The van der Waals surface area contributed by atoms with Crippen LogP contribution in [0.5, 0.6) is 5.75 Å². The number of pyridine rings is 1. The van der Waals surface area contributed by atoms with E-state index in [-0.39, 0.29) is 11.5 Å². The van der Waals surface area contributed by atoms with E-state index in [1.54, 1.807) is 6.92 Å². The molecule has 0 saturated heterocycles. The number of nitrogens with one attached hydrogen (secondary N) is 1. The molecular weight excluding hydrogens is 248 g/mol. The molecule has 0 spiro atoms. The summed E-state index contributed by atoms with van der Waals surface area (Å²) in [6, 6.07) is 0.569. The van der Waals surface area contributed by atoms with Crippen LogP contribution >= 0.6 is 0 Å². The molecule has 1 rings (SSSR count). The van der Waals surface area contributed by atoms with Crippen molar-refractivity contribution >= 4 is 11.9 Å². The molecule has 2 N–H and O–H groups in total. The third kappa shape index (κ3) is 3.67. The largest absolute Gasteiger partial charge is 0.494 e. The molecule has 6 heteroatoms. The van der Waals surface area contributed by atoms with Crippen LogP contribution in [0, 0.1) is 5.92 Å². The summed E-state index contributed by atoms with van der Waals surface area (Å²) in [4.78, 5) is 27.1. The van der Waals surface area contributed by atoms with Gasteiger partial charge in [0.25, 0.3) is 5.91 Å². The Morgan fingerprint density at radius 3 is 2.74 bits per heavy atom. The summed E-state index contributed by atoms with van der Waals surface area (Å²) >= 11 is 0. The van der Waals surface area contributed by atoms with E-state index in [2.05, 4.69) is 10.3 Å². The van der Waals surface area contributed by atoms with Gasteiger partial charge in [-0.15, -0.1) is 0 Å². The smallest absolute Gasteiger partial charge is 0.326 e. The van der Waals surface area contributed by atoms with Gasteiger partial charge in [0.05, 0.1) is 18.9 Å². The second-order valence-electron chi connectivity index (χ2n) is 4.25. The van der Waals surface area contributed by atoms with Crippen LogP contribution in [0.2, 0.25) is 0 Å². The molecule has 1 aromatic rings. The lowest BCUT2D eigenvalue weighted by Gasteiger charge is -2.20. The summed E-state index contributed by atoms with van der Waals surface area (Å²) < 4.78 is 5.02. The van der Waals surface area contributed by atoms with Crippen LogP contribution in [-0.2, 0) is 4.79 Å². The number of hydrogen-bond acceptors (Lipinski definition) is 4. The molecule has 1 aromatic heterocycles. The first-order valence-corrected chi connectivity index (χ1v) is 6.02. The highest BCUT2D eigenvalue weighted by Gasteiger charge is 2.26. The van der Waals surface area contributed by atoms with Gasteiger partial charge in [0.15, 0.2) is 0 Å². The zero-order valence-corrected chi connectivity index (χ0v) is 11.2. The molecule has 0 aliphatic heterocycles. The lowest BCUT2D eigenvalue weighted by Crippen LogP contribution is -2.45. The van der Waals surface area contributed by atoms with Gasteiger partial charge in [-0.2, -0.15) is 0 Å². The summed E-state index contributed by atoms with van der Waals surface area (Å²) in [5.41, 5.74) is 0.270. The SMILES string of the molecule is CCC(C)C(NC(=O)c1ccncc1OC)C(=O)O. The van der Waals surface area contributed by atoms with E-state index in [9.17, 15) is 9.59 Å². The molecule has 6 nitrogen and oxygen atoms in total. The Hall–Kier alpha value is -2.11. The summed E-state index contributed by atoms with van der Waals surface area (Å²) in [6.07, 6.45) is 3.52. The minimum absolute atomic E-state index is 0.158. The number of aromatic nitrogens is 1. The van der Waals surface area contributed by atoms with Crippen LogP contribution in [0.25, 0.3) is 0 Å². The van der Waals surface area contributed by atoms with E-state index >= 15 is 0 Å². The summed E-state index contributed by atoms with van der Waals surface area (Å²) in [5.74, 6) is -1.37. The lowest BCUT2D eigenvalue weighted by atomic mass is 9.99. The Bertz CT molecular complexity index is 462. The number of amides is 1. The normalized spacial score (nSPS) is 13.4. The van der Waals surface area contributed by atoms with E-state index < -0.39 is 17.9 Å². The number of nitrogens with zero attached hydrogens (tertiary/aromatic N) is 1. The second-order valence-corrected chi connectivity index (χ2v) is 4.25. The Morgan fingerprint density at radius 1 is 1.53 bits per heavy atom. The molecule has 0 bridgehead atoms. The van der Waals surface area contributed by atoms with Crippen LogP contribution in [0.4, 0.5) is 0 Å². The number of rotatable bonds is 6. The minimum Gasteiger partial charge on any atom is -0.494 e. The molecule has 2 atom stereocenters. The minimum atomic E-state index is -1.05. The predicted molar refractivity (Wildman–Crippen MR) is 69.1 cm³/mol. The monoisotopic (exact) mass is 266 g/mol. The molecule has 0 aliphatic rings. The Morgan fingerprint density at radius 2 is 2.21 bits per heavy atom. The molecule has 2 unspecified atom stereocenters. The number of carbonyl (C=O) groups is 2. The van der Waals surface area contributed by atoms with Crippen LogP contribution in [0.1, 0.15) is 30.6 Å². The fourth-order valence-electron chi connectivity index (χ4n) is 1.63. The molecule has 0 fully saturated rings. The van der Waals surface area contributed by atoms with Crippen LogP contribution in [-0.4, -0.2) is 35.1 Å². The zero-order chi connectivity index (χ0) is 14.4. The lowest BCUT2D eigenvalue weighted by molar-refractivity contribution is -0.140. The maximum atomic E-state index is 12.1. The van der Waals surface area contributed by atoms with Crippen molar-refractivity contribution < 1.29 is 19.4 Å². The zero-order valence-electron chi connectivity index (χ0n) is 11.2. The van der Waals surface area contributed by atoms with Gasteiger partial charge < -0.3 is 15.2 Å². The summed E-state index contributed by atoms with van der Waals surface area (Å²) in [6.45, 7) is 3.66. The molecular formula is C13H18N2O4. The molecule has 0 aliphatic carbocycles. The molecule has 19 heavy (non-hydrogen) atoms. The molecule has 1 heterocycles. The van der Waals surface area contributed by atoms with Gasteiger partial charge in [-0.1, -0.05) is 20.3 Å². The van der Waals surface area contributed by atoms with Gasteiger partial charge in [0.2, 0.25) is 0 Å². The molecule has 1 amide bonds. The first kappa shape index (κ1) is 14.9. The maximum Gasteiger partial charge on any atom is 0.326 e. The fraction of sp³-hybridized carbons (Fsp3) is 0.462. The van der Waals surface area contributed by atoms with E-state index in [0.717, 1.165) is 0 Å². The summed E-state index contributed by atoms with van der Waals surface area (Å²) in [7, 11) is 1.43. The van der Waals surface area contributed by atoms with Gasteiger partial charge in [0.1, 0.15) is 11.8 Å². The highest BCUT2D eigenvalue weighted by atomic mass is 16.5. The van der Waals surface area contributed by atoms with Crippen molar-refractivity contribution in [2.45, 2.75) is 26.3 Å². The van der Waals surface area contributed by atoms with Crippen molar-refractivity contribution in [3.8, 4) is 5.75 Å². The third-order valence-corrected chi connectivity index (χ3v) is 3.01. The number of hydrogen-bond donors (Lipinski definition) is 2. The number of ether oxygens (including phenoxy) is 1. The predicted octanol–water partition coefficient (Wildman–Crippen LogP) is 1.32. The first-order valence-electron chi connectivity index (χ1n) is 6.02. The third-order valence-electron chi connectivity index (χ3n) is 3.01. The van der Waals surface area contributed by atoms with Crippen molar-refractivity contribution in [2.24, 2.45) is 5.92 Å². The van der Waals surface area contributed by atoms with E-state index in [4.69, 9.17) is 9.84 Å². The quantitative estimate of drug-likeness (QED) is 0.810. The van der Waals surface area contributed by atoms with Crippen molar-refractivity contribution in [2.75, 3.05) is 7.11 Å². The number of aliphatic carboxylic acids is 1. The van der Waals surface area contributed by atoms with Gasteiger partial charge in [-0.3, -0.25) is 9.78 Å². The molecule has 0 radical (unpaired) electrons. The number of methoxy groups -OCH3 is 1. The Kier molecular flexibility index (Phi) is 5.29. The van der Waals surface area contributed by atoms with E-state index in [0.29, 0.717) is 12.2 Å². The first-order chi connectivity index (χ1) is 9.01. The van der Waals surface area contributed by atoms with Gasteiger partial charge in [-0.05, 0) is 12.0 Å². The Balaban J connectivity index is 2.91. The highest BCUT2D eigenvalue weighted by molar-refractivity contribution is 5.98. The molecule has 104 valence electrons. The maximum absolute atomic E-state index is 12.1. The van der Waals surface area contributed by atoms with Crippen LogP contribution in [0.3, 0.4) is 0 Å². The average Bonchev–Trinajstić information content (AvgIpc) is 2.43. The average molecular weight is 266 g/mol. The fourth-order valence-corrected chi connectivity index (χ4v) is 1.63. The summed E-state index contributed by atoms with van der Waals surface area (Å²) in [5, 5.41) is 11.7. The van der Waals surface area contributed by atoms with Crippen molar-refractivity contribution in [1.82, 2.24) is 10.3 Å². The molecule has 0 aromatic carbocycles. The van der Waals surface area contributed by atoms with E-state index in [1.807, 2.05) is 6.92 Å². The van der Waals surface area contributed by atoms with Crippen molar-refractivity contribution in [1.29, 1.82) is 0 Å². The van der Waals surface area contributed by atoms with Gasteiger partial charge >= 0.3 is 5.97 Å².